The Bertz CT molecular complexity index is 867. The summed E-state index contributed by atoms with van der Waals surface area (Å²) in [5.41, 5.74) is 0.724. The van der Waals surface area contributed by atoms with Crippen LogP contribution in [0.15, 0.2) is 28.7 Å². The molecule has 0 bridgehead atoms. The molecule has 156 valence electrons. The molecule has 1 aromatic carbocycles. The molecule has 1 aromatic heterocycles. The fourth-order valence-electron chi connectivity index (χ4n) is 4.66. The Morgan fingerprint density at radius 1 is 1.10 bits per heavy atom. The van der Waals surface area contributed by atoms with Gasteiger partial charge in [-0.25, -0.2) is 0 Å². The minimum atomic E-state index is -0.0674. The van der Waals surface area contributed by atoms with Crippen LogP contribution in [-0.4, -0.2) is 66.7 Å². The molecule has 0 radical (unpaired) electrons. The molecule has 29 heavy (non-hydrogen) atoms. The van der Waals surface area contributed by atoms with Crippen LogP contribution in [0.1, 0.15) is 49.6 Å². The average molecular weight is 399 g/mol. The van der Waals surface area contributed by atoms with Crippen molar-refractivity contribution >= 4 is 16.9 Å². The molecule has 0 spiro atoms. The van der Waals surface area contributed by atoms with E-state index >= 15 is 0 Å². The molecule has 1 unspecified atom stereocenters. The lowest BCUT2D eigenvalue weighted by molar-refractivity contribution is -0.0134. The van der Waals surface area contributed by atoms with Gasteiger partial charge in [0.1, 0.15) is 17.4 Å². The van der Waals surface area contributed by atoms with Gasteiger partial charge >= 0.3 is 0 Å². The summed E-state index contributed by atoms with van der Waals surface area (Å²) in [5, 5.41) is 0.916. The van der Waals surface area contributed by atoms with Crippen molar-refractivity contribution in [3.8, 4) is 5.75 Å². The van der Waals surface area contributed by atoms with Gasteiger partial charge < -0.3 is 23.7 Å². The van der Waals surface area contributed by atoms with Crippen LogP contribution in [-0.2, 0) is 4.74 Å². The number of fused-ring (bicyclic) bond motifs is 1. The average Bonchev–Trinajstić information content (AvgIpc) is 3.11. The molecule has 2 saturated heterocycles. The number of amides is 1. The van der Waals surface area contributed by atoms with E-state index in [4.69, 9.17) is 13.9 Å². The minimum absolute atomic E-state index is 0.0628. The van der Waals surface area contributed by atoms with Crippen molar-refractivity contribution in [3.05, 3.63) is 30.0 Å². The Morgan fingerprint density at radius 2 is 1.93 bits per heavy atom. The smallest absolute Gasteiger partial charge is 0.289 e. The molecule has 1 atom stereocenters. The molecule has 1 saturated carbocycles. The molecule has 3 aliphatic rings. The number of benzene rings is 1. The molecule has 3 fully saturated rings. The van der Waals surface area contributed by atoms with Gasteiger partial charge in [0, 0.05) is 37.6 Å². The van der Waals surface area contributed by atoms with Crippen LogP contribution in [0.5, 0.6) is 5.75 Å². The molecule has 5 rings (SSSR count). The predicted molar refractivity (Wildman–Crippen MR) is 110 cm³/mol. The van der Waals surface area contributed by atoms with Crippen LogP contribution in [0.25, 0.3) is 11.0 Å². The Hall–Kier alpha value is -2.05. The third-order valence-corrected chi connectivity index (χ3v) is 6.60. The number of carbonyl (C=O) groups excluding carboxylic acids is 1. The number of piperidine rings is 1. The van der Waals surface area contributed by atoms with Gasteiger partial charge in [0.25, 0.3) is 5.91 Å². The lowest BCUT2D eigenvalue weighted by Gasteiger charge is -2.41. The lowest BCUT2D eigenvalue weighted by atomic mass is 9.90. The molecule has 6 nitrogen and oxygen atoms in total. The Kier molecular flexibility index (Phi) is 5.22. The van der Waals surface area contributed by atoms with Crippen molar-refractivity contribution in [2.24, 2.45) is 0 Å². The first-order chi connectivity index (χ1) is 14.2. The highest BCUT2D eigenvalue weighted by molar-refractivity contribution is 5.96. The van der Waals surface area contributed by atoms with Crippen LogP contribution in [0.2, 0.25) is 0 Å². The standard InChI is InChI=1S/C23H30N2O4/c1-16-15-25(11-12-27-16)23(26)22-14-17-13-20(5-6-21(17)29-22)28-19-7-9-24(10-8-19)18-3-2-4-18/h5-6,13-14,16,18-19H,2-4,7-12,15H2,1H3. The van der Waals surface area contributed by atoms with E-state index in [1.807, 2.05) is 31.2 Å². The number of ether oxygens (including phenoxy) is 2. The van der Waals surface area contributed by atoms with E-state index in [0.29, 0.717) is 25.5 Å². The van der Waals surface area contributed by atoms with Crippen molar-refractivity contribution < 1.29 is 18.7 Å². The number of morpholine rings is 1. The number of carbonyl (C=O) groups is 1. The zero-order valence-electron chi connectivity index (χ0n) is 17.1. The predicted octanol–water partition coefficient (Wildman–Crippen LogP) is 3.69. The van der Waals surface area contributed by atoms with Gasteiger partial charge in [0.2, 0.25) is 0 Å². The topological polar surface area (TPSA) is 55.2 Å². The Balaban J connectivity index is 1.23. The fraction of sp³-hybridized carbons (Fsp3) is 0.609. The van der Waals surface area contributed by atoms with Crippen LogP contribution >= 0.6 is 0 Å². The zero-order chi connectivity index (χ0) is 19.8. The fourth-order valence-corrected chi connectivity index (χ4v) is 4.66. The van der Waals surface area contributed by atoms with Gasteiger partial charge in [-0.1, -0.05) is 6.42 Å². The van der Waals surface area contributed by atoms with Crippen molar-refractivity contribution in [1.29, 1.82) is 0 Å². The number of rotatable bonds is 4. The molecule has 6 heteroatoms. The van der Waals surface area contributed by atoms with Gasteiger partial charge in [-0.3, -0.25) is 4.79 Å². The third-order valence-electron chi connectivity index (χ3n) is 6.60. The number of likely N-dealkylation sites (tertiary alicyclic amines) is 1. The molecule has 0 N–H and O–H groups in total. The summed E-state index contributed by atoms with van der Waals surface area (Å²) < 4.78 is 17.6. The zero-order valence-corrected chi connectivity index (χ0v) is 17.1. The molecule has 1 amide bonds. The second-order valence-corrected chi connectivity index (χ2v) is 8.68. The largest absolute Gasteiger partial charge is 0.490 e. The molecular weight excluding hydrogens is 368 g/mol. The highest BCUT2D eigenvalue weighted by Crippen LogP contribution is 2.30. The van der Waals surface area contributed by atoms with E-state index < -0.39 is 0 Å². The summed E-state index contributed by atoms with van der Waals surface area (Å²) in [6, 6.07) is 8.52. The maximum atomic E-state index is 12.8. The Labute approximate surface area is 171 Å². The molecule has 2 aromatic rings. The lowest BCUT2D eigenvalue weighted by Crippen LogP contribution is -2.46. The van der Waals surface area contributed by atoms with Crippen LogP contribution < -0.4 is 4.74 Å². The van der Waals surface area contributed by atoms with E-state index in [-0.39, 0.29) is 18.1 Å². The quantitative estimate of drug-likeness (QED) is 0.786. The SMILES string of the molecule is CC1CN(C(=O)c2cc3cc(OC4CCN(C5CCC5)CC4)ccc3o2)CCO1. The van der Waals surface area contributed by atoms with Gasteiger partial charge in [-0.2, -0.15) is 0 Å². The second-order valence-electron chi connectivity index (χ2n) is 8.68. The van der Waals surface area contributed by atoms with Crippen LogP contribution in [0.4, 0.5) is 0 Å². The van der Waals surface area contributed by atoms with Gasteiger partial charge in [-0.15, -0.1) is 0 Å². The summed E-state index contributed by atoms with van der Waals surface area (Å²) >= 11 is 0. The highest BCUT2D eigenvalue weighted by Gasteiger charge is 2.29. The number of hydrogen-bond donors (Lipinski definition) is 0. The van der Waals surface area contributed by atoms with Crippen molar-refractivity contribution in [3.63, 3.8) is 0 Å². The van der Waals surface area contributed by atoms with E-state index in [1.54, 1.807) is 4.90 Å². The van der Waals surface area contributed by atoms with Gasteiger partial charge in [0.15, 0.2) is 5.76 Å². The minimum Gasteiger partial charge on any atom is -0.490 e. The molecule has 2 aliphatic heterocycles. The van der Waals surface area contributed by atoms with E-state index in [2.05, 4.69) is 4.90 Å². The van der Waals surface area contributed by atoms with Crippen molar-refractivity contribution in [2.75, 3.05) is 32.8 Å². The van der Waals surface area contributed by atoms with E-state index in [0.717, 1.165) is 48.7 Å². The summed E-state index contributed by atoms with van der Waals surface area (Å²) in [4.78, 5) is 17.2. The van der Waals surface area contributed by atoms with Crippen LogP contribution in [0, 0.1) is 0 Å². The first-order valence-electron chi connectivity index (χ1n) is 11.0. The maximum Gasteiger partial charge on any atom is 0.289 e. The highest BCUT2D eigenvalue weighted by atomic mass is 16.5. The number of nitrogens with zero attached hydrogens (tertiary/aromatic N) is 2. The van der Waals surface area contributed by atoms with Gasteiger partial charge in [-0.05, 0) is 56.9 Å². The molecule has 1 aliphatic carbocycles. The first-order valence-corrected chi connectivity index (χ1v) is 11.0. The molecular formula is C23H30N2O4. The van der Waals surface area contributed by atoms with E-state index in [1.165, 1.54) is 19.3 Å². The number of furan rings is 1. The Morgan fingerprint density at radius 3 is 2.66 bits per heavy atom. The molecule has 3 heterocycles. The van der Waals surface area contributed by atoms with Crippen molar-refractivity contribution in [1.82, 2.24) is 9.80 Å². The monoisotopic (exact) mass is 398 g/mol. The summed E-state index contributed by atoms with van der Waals surface area (Å²) in [7, 11) is 0. The maximum absolute atomic E-state index is 12.8. The first kappa shape index (κ1) is 18.9. The van der Waals surface area contributed by atoms with Crippen molar-refractivity contribution in [2.45, 2.75) is 57.3 Å². The van der Waals surface area contributed by atoms with Gasteiger partial charge in [0.05, 0.1) is 12.7 Å². The summed E-state index contributed by atoms with van der Waals surface area (Å²) in [5.74, 6) is 1.18. The summed E-state index contributed by atoms with van der Waals surface area (Å²) in [6.45, 7) is 6.04. The third kappa shape index (κ3) is 4.01. The van der Waals surface area contributed by atoms with E-state index in [9.17, 15) is 4.79 Å². The van der Waals surface area contributed by atoms with Crippen LogP contribution in [0.3, 0.4) is 0 Å². The number of hydrogen-bond acceptors (Lipinski definition) is 5. The summed E-state index contributed by atoms with van der Waals surface area (Å²) in [6.07, 6.45) is 6.62. The normalized spacial score (nSPS) is 24.6. The second kappa shape index (κ2) is 8.00.